The van der Waals surface area contributed by atoms with Crippen molar-refractivity contribution in [2.45, 2.75) is 9.79 Å². The predicted molar refractivity (Wildman–Crippen MR) is 76.9 cm³/mol. The van der Waals surface area contributed by atoms with E-state index in [-0.39, 0.29) is 21.4 Å². The van der Waals surface area contributed by atoms with Crippen molar-refractivity contribution < 1.29 is 21.6 Å². The minimum Gasteiger partial charge on any atom is -0.439 e. The van der Waals surface area contributed by atoms with Crippen LogP contribution in [-0.2, 0) is 18.9 Å². The van der Waals surface area contributed by atoms with Crippen LogP contribution >= 0.6 is 10.7 Å². The van der Waals surface area contributed by atoms with Gasteiger partial charge in [0.05, 0.1) is 11.1 Å². The van der Waals surface area contributed by atoms with Crippen molar-refractivity contribution in [3.05, 3.63) is 42.6 Å². The Kier molecular flexibility index (Phi) is 4.22. The maximum Gasteiger partial charge on any atom is 0.262 e. The molecule has 0 N–H and O–H groups in total. The number of halogens is 1. The van der Waals surface area contributed by atoms with Gasteiger partial charge in [0.15, 0.2) is 9.84 Å². The molecule has 0 saturated carbocycles. The van der Waals surface area contributed by atoms with Crippen LogP contribution in [0.5, 0.6) is 11.6 Å². The van der Waals surface area contributed by atoms with Gasteiger partial charge in [0.2, 0.25) is 5.88 Å². The minimum absolute atomic E-state index is 0.111. The molecule has 0 aliphatic rings. The van der Waals surface area contributed by atoms with E-state index in [0.717, 1.165) is 12.5 Å². The van der Waals surface area contributed by atoms with Gasteiger partial charge in [-0.1, -0.05) is 6.07 Å². The predicted octanol–water partition coefficient (Wildman–Crippen LogP) is 2.20. The van der Waals surface area contributed by atoms with E-state index >= 15 is 0 Å². The summed E-state index contributed by atoms with van der Waals surface area (Å²) >= 11 is 0. The molecular weight excluding hydrogens is 338 g/mol. The highest BCUT2D eigenvalue weighted by molar-refractivity contribution is 8.13. The van der Waals surface area contributed by atoms with Crippen molar-refractivity contribution >= 4 is 29.6 Å². The molecule has 21 heavy (non-hydrogen) atoms. The Bertz CT molecular complexity index is 861. The Hall–Kier alpha value is -1.64. The van der Waals surface area contributed by atoms with Crippen LogP contribution in [0.4, 0.5) is 0 Å². The fourth-order valence-corrected chi connectivity index (χ4v) is 2.80. The maximum absolute atomic E-state index is 11.4. The first kappa shape index (κ1) is 15.7. The average Bonchev–Trinajstić information content (AvgIpc) is 2.37. The van der Waals surface area contributed by atoms with Crippen molar-refractivity contribution in [3.8, 4) is 11.6 Å². The molecule has 0 unspecified atom stereocenters. The van der Waals surface area contributed by atoms with Crippen LogP contribution in [0.25, 0.3) is 0 Å². The average molecular weight is 348 g/mol. The fraction of sp³-hybridized carbons (Fsp3) is 0.0833. The maximum atomic E-state index is 11.4. The Labute approximate surface area is 126 Å². The number of benzene rings is 1. The molecule has 0 aliphatic carbocycles. The highest BCUT2D eigenvalue weighted by Crippen LogP contribution is 2.23. The number of hydrogen-bond acceptors (Lipinski definition) is 6. The normalized spacial score (nSPS) is 12.1. The molecule has 0 amide bonds. The Morgan fingerprint density at radius 2 is 1.76 bits per heavy atom. The van der Waals surface area contributed by atoms with Crippen molar-refractivity contribution in [1.82, 2.24) is 4.98 Å². The molecule has 0 radical (unpaired) electrons. The van der Waals surface area contributed by atoms with Gasteiger partial charge in [-0.05, 0) is 24.3 Å². The fourth-order valence-electron chi connectivity index (χ4n) is 1.46. The molecule has 1 aromatic heterocycles. The van der Waals surface area contributed by atoms with Crippen LogP contribution in [0, 0.1) is 0 Å². The first-order valence-corrected chi connectivity index (χ1v) is 9.75. The van der Waals surface area contributed by atoms with Crippen molar-refractivity contribution in [2.75, 3.05) is 6.26 Å². The zero-order valence-corrected chi connectivity index (χ0v) is 13.1. The molecule has 2 aromatic rings. The van der Waals surface area contributed by atoms with E-state index in [9.17, 15) is 16.8 Å². The number of hydrogen-bond donors (Lipinski definition) is 0. The van der Waals surface area contributed by atoms with E-state index < -0.39 is 18.9 Å². The van der Waals surface area contributed by atoms with E-state index in [1.807, 2.05) is 0 Å². The highest BCUT2D eigenvalue weighted by atomic mass is 35.7. The lowest BCUT2D eigenvalue weighted by atomic mass is 10.3. The van der Waals surface area contributed by atoms with Crippen molar-refractivity contribution in [3.63, 3.8) is 0 Å². The van der Waals surface area contributed by atoms with Crippen LogP contribution in [0.1, 0.15) is 0 Å². The lowest BCUT2D eigenvalue weighted by Crippen LogP contribution is -1.97. The summed E-state index contributed by atoms with van der Waals surface area (Å²) in [5.74, 6) is 0.386. The summed E-state index contributed by atoms with van der Waals surface area (Å²) in [6, 6.07) is 8.45. The van der Waals surface area contributed by atoms with Crippen LogP contribution in [0.2, 0.25) is 0 Å². The summed E-state index contributed by atoms with van der Waals surface area (Å²) < 4.78 is 50.4. The van der Waals surface area contributed by atoms with Crippen LogP contribution in [0.3, 0.4) is 0 Å². The van der Waals surface area contributed by atoms with Gasteiger partial charge >= 0.3 is 0 Å². The molecule has 1 aromatic carbocycles. The largest absolute Gasteiger partial charge is 0.439 e. The number of aromatic nitrogens is 1. The molecule has 6 nitrogen and oxygen atoms in total. The molecule has 1 heterocycles. The molecule has 0 aliphatic heterocycles. The standard InChI is InChI=1S/C12H10ClNO5S2/c1-20(15,16)10-4-2-3-9(7-10)19-12-6-5-11(8-14-12)21(13,17)18/h2-8H,1H3. The summed E-state index contributed by atoms with van der Waals surface area (Å²) in [6.07, 6.45) is 2.14. The molecule has 0 fully saturated rings. The number of sulfone groups is 1. The van der Waals surface area contributed by atoms with Crippen LogP contribution in [-0.4, -0.2) is 28.1 Å². The molecule has 0 saturated heterocycles. The van der Waals surface area contributed by atoms with Crippen LogP contribution in [0.15, 0.2) is 52.4 Å². The second-order valence-electron chi connectivity index (χ2n) is 4.12. The third-order valence-corrected chi connectivity index (χ3v) is 4.90. The molecule has 112 valence electrons. The number of pyridine rings is 1. The highest BCUT2D eigenvalue weighted by Gasteiger charge is 2.11. The van der Waals surface area contributed by atoms with Gasteiger partial charge in [-0.3, -0.25) is 0 Å². The first-order valence-electron chi connectivity index (χ1n) is 5.55. The number of nitrogens with zero attached hydrogens (tertiary/aromatic N) is 1. The first-order chi connectivity index (χ1) is 9.66. The summed E-state index contributed by atoms with van der Waals surface area (Å²) in [7, 11) is -2.02. The minimum atomic E-state index is -3.84. The molecule has 9 heteroatoms. The molecule has 0 atom stereocenters. The van der Waals surface area contributed by atoms with Gasteiger partial charge in [-0.15, -0.1) is 0 Å². The molecule has 0 bridgehead atoms. The van der Waals surface area contributed by atoms with Crippen molar-refractivity contribution in [2.24, 2.45) is 0 Å². The van der Waals surface area contributed by atoms with E-state index in [4.69, 9.17) is 15.4 Å². The molecule has 2 rings (SSSR count). The van der Waals surface area contributed by atoms with Gasteiger partial charge < -0.3 is 4.74 Å². The topological polar surface area (TPSA) is 90.4 Å². The third-order valence-electron chi connectivity index (χ3n) is 2.45. The quantitative estimate of drug-likeness (QED) is 0.787. The second kappa shape index (κ2) is 5.63. The zero-order valence-electron chi connectivity index (χ0n) is 10.7. The Balaban J connectivity index is 2.27. The van der Waals surface area contributed by atoms with E-state index in [1.165, 1.54) is 30.3 Å². The summed E-state index contributed by atoms with van der Waals surface area (Å²) in [5, 5.41) is 0. The van der Waals surface area contributed by atoms with Gasteiger partial charge in [0.25, 0.3) is 9.05 Å². The number of ether oxygens (including phenoxy) is 1. The van der Waals surface area contributed by atoms with E-state index in [2.05, 4.69) is 4.98 Å². The lowest BCUT2D eigenvalue weighted by molar-refractivity contribution is 0.460. The lowest BCUT2D eigenvalue weighted by Gasteiger charge is -2.06. The van der Waals surface area contributed by atoms with E-state index in [0.29, 0.717) is 0 Å². The second-order valence-corrected chi connectivity index (χ2v) is 8.70. The van der Waals surface area contributed by atoms with Gasteiger partial charge in [-0.2, -0.15) is 0 Å². The van der Waals surface area contributed by atoms with Gasteiger partial charge in [0, 0.05) is 23.0 Å². The molecule has 0 spiro atoms. The molecular formula is C12H10ClNO5S2. The monoisotopic (exact) mass is 347 g/mol. The summed E-state index contributed by atoms with van der Waals surface area (Å²) in [4.78, 5) is 3.76. The van der Waals surface area contributed by atoms with Gasteiger partial charge in [-0.25, -0.2) is 21.8 Å². The SMILES string of the molecule is CS(=O)(=O)c1cccc(Oc2ccc(S(=O)(=O)Cl)cn2)c1. The number of rotatable bonds is 4. The van der Waals surface area contributed by atoms with Gasteiger partial charge in [0.1, 0.15) is 10.6 Å². The van der Waals surface area contributed by atoms with Crippen LogP contribution < -0.4 is 4.74 Å². The van der Waals surface area contributed by atoms with Crippen molar-refractivity contribution in [1.29, 1.82) is 0 Å². The summed E-state index contributed by atoms with van der Waals surface area (Å²) in [6.45, 7) is 0. The smallest absolute Gasteiger partial charge is 0.262 e. The van der Waals surface area contributed by atoms with E-state index in [1.54, 1.807) is 6.07 Å². The zero-order chi connectivity index (χ0) is 15.7. The Morgan fingerprint density at radius 3 is 2.29 bits per heavy atom. The summed E-state index contributed by atoms with van der Waals surface area (Å²) in [5.41, 5.74) is 0. The third kappa shape index (κ3) is 4.16. The Morgan fingerprint density at radius 1 is 1.05 bits per heavy atom.